The molecular weight excluding hydrogens is 188 g/mol. The Morgan fingerprint density at radius 2 is 2.13 bits per heavy atom. The maximum absolute atomic E-state index is 9.65. The minimum Gasteiger partial charge on any atom is -0.374 e. The molecule has 0 saturated carbocycles. The minimum atomic E-state index is -0.617. The third-order valence-corrected chi connectivity index (χ3v) is 2.57. The van der Waals surface area contributed by atoms with Gasteiger partial charge in [-0.05, 0) is 43.3 Å². The fraction of sp³-hybridized carbons (Fsp3) is 0.250. The molecule has 0 spiro atoms. The van der Waals surface area contributed by atoms with E-state index in [2.05, 4.69) is 10.3 Å². The first-order chi connectivity index (χ1) is 7.22. The minimum absolute atomic E-state index is 0.617. The summed E-state index contributed by atoms with van der Waals surface area (Å²) in [7, 11) is 1.73. The van der Waals surface area contributed by atoms with Crippen molar-refractivity contribution in [3.63, 3.8) is 0 Å². The molecule has 0 aliphatic rings. The zero-order valence-electron chi connectivity index (χ0n) is 8.86. The number of benzene rings is 1. The molecule has 1 heterocycles. The summed E-state index contributed by atoms with van der Waals surface area (Å²) in [4.78, 5) is 4.27. The lowest BCUT2D eigenvalue weighted by Gasteiger charge is -2.10. The van der Waals surface area contributed by atoms with Crippen molar-refractivity contribution in [1.82, 2.24) is 10.3 Å². The van der Waals surface area contributed by atoms with E-state index < -0.39 is 6.23 Å². The van der Waals surface area contributed by atoms with E-state index in [-0.39, 0.29) is 0 Å². The topological polar surface area (TPSA) is 45.1 Å². The predicted octanol–water partition coefficient (Wildman–Crippen LogP) is 1.75. The highest BCUT2D eigenvalue weighted by atomic mass is 16.3. The molecule has 3 nitrogen and oxygen atoms in total. The van der Waals surface area contributed by atoms with Gasteiger partial charge in [-0.15, -0.1) is 0 Å². The van der Waals surface area contributed by atoms with Crippen LogP contribution in [0.1, 0.15) is 17.4 Å². The van der Waals surface area contributed by atoms with E-state index in [0.717, 1.165) is 16.5 Å². The maximum Gasteiger partial charge on any atom is 0.130 e. The van der Waals surface area contributed by atoms with Crippen LogP contribution >= 0.6 is 0 Å². The summed E-state index contributed by atoms with van der Waals surface area (Å²) in [6.45, 7) is 2.04. The van der Waals surface area contributed by atoms with Gasteiger partial charge in [-0.2, -0.15) is 0 Å². The van der Waals surface area contributed by atoms with Crippen LogP contribution in [0.5, 0.6) is 0 Å². The van der Waals surface area contributed by atoms with Crippen molar-refractivity contribution in [3.05, 3.63) is 41.6 Å². The lowest BCUT2D eigenvalue weighted by Crippen LogP contribution is -2.15. The number of nitrogens with zero attached hydrogens (tertiary/aromatic N) is 1. The third kappa shape index (κ3) is 1.84. The molecule has 1 aromatic heterocycles. The number of fused-ring (bicyclic) bond motifs is 1. The van der Waals surface area contributed by atoms with Gasteiger partial charge in [-0.1, -0.05) is 6.07 Å². The highest BCUT2D eigenvalue weighted by molar-refractivity contribution is 5.82. The first-order valence-corrected chi connectivity index (χ1v) is 4.93. The van der Waals surface area contributed by atoms with E-state index in [1.165, 1.54) is 5.56 Å². The summed E-state index contributed by atoms with van der Waals surface area (Å²) in [6.07, 6.45) is 1.18. The van der Waals surface area contributed by atoms with Crippen LogP contribution in [-0.2, 0) is 0 Å². The average molecular weight is 202 g/mol. The van der Waals surface area contributed by atoms with Gasteiger partial charge in [0.1, 0.15) is 6.23 Å². The Morgan fingerprint density at radius 3 is 2.87 bits per heavy atom. The van der Waals surface area contributed by atoms with Gasteiger partial charge in [0.15, 0.2) is 0 Å². The Bertz CT molecular complexity index is 482. The van der Waals surface area contributed by atoms with Crippen LogP contribution in [0.3, 0.4) is 0 Å². The van der Waals surface area contributed by atoms with Gasteiger partial charge in [0.25, 0.3) is 0 Å². The van der Waals surface area contributed by atoms with Gasteiger partial charge in [-0.25, -0.2) is 0 Å². The van der Waals surface area contributed by atoms with Gasteiger partial charge in [0, 0.05) is 11.6 Å². The lowest BCUT2D eigenvalue weighted by atomic mass is 10.1. The van der Waals surface area contributed by atoms with Crippen LogP contribution < -0.4 is 5.32 Å². The number of aromatic nitrogens is 1. The zero-order valence-corrected chi connectivity index (χ0v) is 8.86. The van der Waals surface area contributed by atoms with Crippen molar-refractivity contribution >= 4 is 10.9 Å². The molecule has 0 aliphatic heterocycles. The number of rotatable bonds is 2. The number of aliphatic hydroxyl groups excluding tert-OH is 1. The molecule has 1 atom stereocenters. The Morgan fingerprint density at radius 1 is 1.33 bits per heavy atom. The predicted molar refractivity (Wildman–Crippen MR) is 60.5 cm³/mol. The molecule has 0 bridgehead atoms. The molecular formula is C12H14N2O. The molecule has 0 fully saturated rings. The summed E-state index contributed by atoms with van der Waals surface area (Å²) >= 11 is 0. The second kappa shape index (κ2) is 3.96. The highest BCUT2D eigenvalue weighted by Crippen LogP contribution is 2.20. The molecule has 3 heteroatoms. The van der Waals surface area contributed by atoms with Gasteiger partial charge < -0.3 is 5.11 Å². The largest absolute Gasteiger partial charge is 0.374 e. The second-order valence-corrected chi connectivity index (χ2v) is 3.60. The van der Waals surface area contributed by atoms with E-state index in [1.54, 1.807) is 13.2 Å². The second-order valence-electron chi connectivity index (χ2n) is 3.60. The van der Waals surface area contributed by atoms with E-state index in [1.807, 2.05) is 31.2 Å². The molecule has 0 saturated heterocycles. The number of aryl methyl sites for hydroxylation is 1. The quantitative estimate of drug-likeness (QED) is 0.729. The fourth-order valence-corrected chi connectivity index (χ4v) is 1.64. The molecule has 2 rings (SSSR count). The molecule has 1 aromatic carbocycles. The standard InChI is InChI=1S/C12H14N2O/c1-8-5-6-14-11-4-3-9(7-10(8)11)12(15)13-2/h3-7,12-13,15H,1-2H3. The maximum atomic E-state index is 9.65. The Labute approximate surface area is 88.8 Å². The first kappa shape index (κ1) is 10.1. The van der Waals surface area contributed by atoms with Crippen LogP contribution in [0.2, 0.25) is 0 Å². The number of hydrogen-bond donors (Lipinski definition) is 2. The van der Waals surface area contributed by atoms with Gasteiger partial charge in [0.05, 0.1) is 5.52 Å². The summed E-state index contributed by atoms with van der Waals surface area (Å²) in [6, 6.07) is 7.75. The summed E-state index contributed by atoms with van der Waals surface area (Å²) in [5.41, 5.74) is 2.99. The van der Waals surface area contributed by atoms with Crippen LogP contribution in [0.25, 0.3) is 10.9 Å². The lowest BCUT2D eigenvalue weighted by molar-refractivity contribution is 0.149. The van der Waals surface area contributed by atoms with E-state index in [9.17, 15) is 5.11 Å². The first-order valence-electron chi connectivity index (χ1n) is 4.93. The smallest absolute Gasteiger partial charge is 0.130 e. The molecule has 0 aliphatic carbocycles. The van der Waals surface area contributed by atoms with Crippen molar-refractivity contribution in [2.45, 2.75) is 13.2 Å². The Hall–Kier alpha value is -1.45. The Kier molecular flexibility index (Phi) is 2.66. The van der Waals surface area contributed by atoms with Gasteiger partial charge >= 0.3 is 0 Å². The van der Waals surface area contributed by atoms with Crippen molar-refractivity contribution < 1.29 is 5.11 Å². The van der Waals surface area contributed by atoms with Crippen molar-refractivity contribution in [3.8, 4) is 0 Å². The number of hydrogen-bond acceptors (Lipinski definition) is 3. The van der Waals surface area contributed by atoms with Gasteiger partial charge in [0.2, 0.25) is 0 Å². The summed E-state index contributed by atoms with van der Waals surface area (Å²) in [5, 5.41) is 13.5. The molecule has 0 radical (unpaired) electrons. The monoisotopic (exact) mass is 202 g/mol. The highest BCUT2D eigenvalue weighted by Gasteiger charge is 2.06. The molecule has 1 unspecified atom stereocenters. The normalized spacial score (nSPS) is 13.0. The molecule has 0 amide bonds. The number of aliphatic hydroxyl groups is 1. The molecule has 15 heavy (non-hydrogen) atoms. The van der Waals surface area contributed by atoms with Crippen molar-refractivity contribution in [1.29, 1.82) is 0 Å². The zero-order chi connectivity index (χ0) is 10.8. The van der Waals surface area contributed by atoms with Crippen molar-refractivity contribution in [2.75, 3.05) is 7.05 Å². The van der Waals surface area contributed by atoms with E-state index >= 15 is 0 Å². The SMILES string of the molecule is CNC(O)c1ccc2nccc(C)c2c1. The van der Waals surface area contributed by atoms with Crippen LogP contribution in [-0.4, -0.2) is 17.1 Å². The number of pyridine rings is 1. The molecule has 78 valence electrons. The van der Waals surface area contributed by atoms with Crippen LogP contribution in [0.4, 0.5) is 0 Å². The average Bonchev–Trinajstić information content (AvgIpc) is 2.28. The summed E-state index contributed by atoms with van der Waals surface area (Å²) < 4.78 is 0. The van der Waals surface area contributed by atoms with Gasteiger partial charge in [-0.3, -0.25) is 10.3 Å². The van der Waals surface area contributed by atoms with E-state index in [0.29, 0.717) is 0 Å². The van der Waals surface area contributed by atoms with E-state index in [4.69, 9.17) is 0 Å². The number of nitrogens with one attached hydrogen (secondary N) is 1. The van der Waals surface area contributed by atoms with Crippen LogP contribution in [0, 0.1) is 6.92 Å². The Balaban J connectivity index is 2.59. The van der Waals surface area contributed by atoms with Crippen LogP contribution in [0.15, 0.2) is 30.5 Å². The fourth-order valence-electron chi connectivity index (χ4n) is 1.64. The molecule has 2 N–H and O–H groups in total. The van der Waals surface area contributed by atoms with Crippen molar-refractivity contribution in [2.24, 2.45) is 0 Å². The third-order valence-electron chi connectivity index (χ3n) is 2.57. The summed E-state index contributed by atoms with van der Waals surface area (Å²) in [5.74, 6) is 0. The molecule has 2 aromatic rings.